The number of anilines is 1. The molecule has 0 bridgehead atoms. The molecule has 1 amide bonds. The predicted molar refractivity (Wildman–Crippen MR) is 142 cm³/mol. The zero-order valence-corrected chi connectivity index (χ0v) is 21.6. The van der Waals surface area contributed by atoms with Crippen LogP contribution in [0, 0.1) is 0 Å². The Kier molecular flexibility index (Phi) is 7.05. The lowest BCUT2D eigenvalue weighted by Gasteiger charge is -2.32. The average Bonchev–Trinajstić information content (AvgIpc) is 3.41. The van der Waals surface area contributed by atoms with Crippen molar-refractivity contribution in [2.24, 2.45) is 0 Å². The highest BCUT2D eigenvalue weighted by Crippen LogP contribution is 2.47. The summed E-state index contributed by atoms with van der Waals surface area (Å²) >= 11 is 13.4. The molecule has 10 nitrogen and oxygen atoms in total. The van der Waals surface area contributed by atoms with Crippen molar-refractivity contribution >= 4 is 51.5 Å². The number of nitrogens with one attached hydrogen (secondary N) is 2. The molecule has 4 aromatic rings. The number of fused-ring (bicyclic) bond motifs is 3. The lowest BCUT2D eigenvalue weighted by atomic mass is 10.0. The van der Waals surface area contributed by atoms with Crippen LogP contribution in [0.3, 0.4) is 0 Å². The maximum absolute atomic E-state index is 11.9. The molecule has 1 aromatic carbocycles. The quantitative estimate of drug-likeness (QED) is 0.335. The number of aromatic nitrogens is 4. The summed E-state index contributed by atoms with van der Waals surface area (Å²) in [6.45, 7) is 4.49. The fourth-order valence-electron chi connectivity index (χ4n) is 4.44. The SMILES string of the molecule is C=CC(=O)NC1COCCC1Nc1cc2c(cn1)cc(-c1c(Cl)c(OC)cc(OC)c1Cl)c1ncnn12. The number of ether oxygens (including phenoxy) is 3. The molecule has 1 aliphatic heterocycles. The molecule has 2 N–H and O–H groups in total. The molecule has 0 radical (unpaired) electrons. The van der Waals surface area contributed by atoms with Crippen LogP contribution in [0.5, 0.6) is 11.5 Å². The highest BCUT2D eigenvalue weighted by atomic mass is 35.5. The Morgan fingerprint density at radius 1 is 1.16 bits per heavy atom. The fourth-order valence-corrected chi connectivity index (χ4v) is 5.15. The van der Waals surface area contributed by atoms with Crippen LogP contribution in [0.1, 0.15) is 6.42 Å². The Morgan fingerprint density at radius 2 is 1.92 bits per heavy atom. The summed E-state index contributed by atoms with van der Waals surface area (Å²) in [7, 11) is 3.05. The molecular weight excluding hydrogens is 519 g/mol. The Labute approximate surface area is 222 Å². The third-order valence-corrected chi connectivity index (χ3v) is 7.02. The zero-order chi connectivity index (χ0) is 26.1. The van der Waals surface area contributed by atoms with E-state index in [4.69, 9.17) is 37.4 Å². The van der Waals surface area contributed by atoms with E-state index >= 15 is 0 Å². The van der Waals surface area contributed by atoms with Crippen LogP contribution in [-0.2, 0) is 9.53 Å². The Morgan fingerprint density at radius 3 is 2.62 bits per heavy atom. The average molecular weight is 543 g/mol. The molecule has 0 saturated carbocycles. The summed E-state index contributed by atoms with van der Waals surface area (Å²) in [5, 5.41) is 12.2. The van der Waals surface area contributed by atoms with E-state index < -0.39 is 0 Å². The predicted octanol–water partition coefficient (Wildman–Crippen LogP) is 4.14. The molecule has 1 fully saturated rings. The Hall–Kier alpha value is -3.60. The van der Waals surface area contributed by atoms with E-state index in [9.17, 15) is 4.79 Å². The molecular formula is C25H24Cl2N6O4. The van der Waals surface area contributed by atoms with Crippen molar-refractivity contribution < 1.29 is 19.0 Å². The summed E-state index contributed by atoms with van der Waals surface area (Å²) in [5.74, 6) is 1.21. The van der Waals surface area contributed by atoms with Gasteiger partial charge in [0, 0.05) is 41.4 Å². The number of benzene rings is 1. The van der Waals surface area contributed by atoms with E-state index in [0.717, 1.165) is 10.9 Å². The lowest BCUT2D eigenvalue weighted by Crippen LogP contribution is -2.52. The highest BCUT2D eigenvalue weighted by Gasteiger charge is 2.27. The van der Waals surface area contributed by atoms with E-state index in [1.54, 1.807) is 16.8 Å². The van der Waals surface area contributed by atoms with Crippen LogP contribution in [0.25, 0.3) is 27.7 Å². The minimum absolute atomic E-state index is 0.0741. The van der Waals surface area contributed by atoms with Crippen molar-refractivity contribution in [3.63, 3.8) is 0 Å². The van der Waals surface area contributed by atoms with Crippen molar-refractivity contribution in [1.29, 1.82) is 0 Å². The van der Waals surface area contributed by atoms with Gasteiger partial charge in [-0.25, -0.2) is 14.5 Å². The molecule has 12 heteroatoms. The number of methoxy groups -OCH3 is 2. The van der Waals surface area contributed by atoms with Gasteiger partial charge < -0.3 is 24.8 Å². The number of hydrogen-bond donors (Lipinski definition) is 2. The summed E-state index contributed by atoms with van der Waals surface area (Å²) in [4.78, 5) is 21.0. The molecule has 5 rings (SSSR count). The number of halogens is 2. The summed E-state index contributed by atoms with van der Waals surface area (Å²) < 4.78 is 18.1. The third-order valence-electron chi connectivity index (χ3n) is 6.27. The highest BCUT2D eigenvalue weighted by molar-refractivity contribution is 6.41. The number of rotatable bonds is 7. The number of carbonyl (C=O) groups is 1. The molecule has 1 saturated heterocycles. The van der Waals surface area contributed by atoms with E-state index in [-0.39, 0.29) is 18.0 Å². The second-order valence-corrected chi connectivity index (χ2v) is 9.16. The van der Waals surface area contributed by atoms with Crippen LogP contribution in [0.2, 0.25) is 10.0 Å². The van der Waals surface area contributed by atoms with Gasteiger partial charge in [-0.05, 0) is 18.6 Å². The van der Waals surface area contributed by atoms with Gasteiger partial charge in [0.05, 0.1) is 48.5 Å². The molecule has 2 atom stereocenters. The van der Waals surface area contributed by atoms with E-state index in [2.05, 4.69) is 32.3 Å². The van der Waals surface area contributed by atoms with Gasteiger partial charge in [-0.1, -0.05) is 29.8 Å². The molecule has 3 aromatic heterocycles. The lowest BCUT2D eigenvalue weighted by molar-refractivity contribution is -0.118. The van der Waals surface area contributed by atoms with Gasteiger partial charge in [0.25, 0.3) is 0 Å². The first-order chi connectivity index (χ1) is 17.9. The maximum atomic E-state index is 11.9. The van der Waals surface area contributed by atoms with Crippen molar-refractivity contribution in [3.8, 4) is 22.6 Å². The maximum Gasteiger partial charge on any atom is 0.243 e. The van der Waals surface area contributed by atoms with Crippen LogP contribution >= 0.6 is 23.2 Å². The van der Waals surface area contributed by atoms with Gasteiger partial charge in [-0.2, -0.15) is 5.10 Å². The Balaban J connectivity index is 1.58. The molecule has 192 valence electrons. The fraction of sp³-hybridized carbons (Fsp3) is 0.280. The molecule has 4 heterocycles. The van der Waals surface area contributed by atoms with Gasteiger partial charge >= 0.3 is 0 Å². The first kappa shape index (κ1) is 25.1. The van der Waals surface area contributed by atoms with Crippen LogP contribution < -0.4 is 20.1 Å². The number of pyridine rings is 2. The number of amides is 1. The van der Waals surface area contributed by atoms with Crippen molar-refractivity contribution in [2.45, 2.75) is 18.5 Å². The smallest absolute Gasteiger partial charge is 0.243 e. The molecule has 37 heavy (non-hydrogen) atoms. The van der Waals surface area contributed by atoms with Crippen molar-refractivity contribution in [1.82, 2.24) is 24.9 Å². The monoisotopic (exact) mass is 542 g/mol. The topological polar surface area (TPSA) is 112 Å². The normalized spacial score (nSPS) is 17.5. The van der Waals surface area contributed by atoms with Gasteiger partial charge in [0.15, 0.2) is 5.65 Å². The van der Waals surface area contributed by atoms with E-state index in [0.29, 0.717) is 63.8 Å². The first-order valence-corrected chi connectivity index (χ1v) is 12.2. The van der Waals surface area contributed by atoms with Crippen molar-refractivity contribution in [2.75, 3.05) is 32.8 Å². The molecule has 0 spiro atoms. The van der Waals surface area contributed by atoms with E-state index in [1.165, 1.54) is 26.6 Å². The van der Waals surface area contributed by atoms with Gasteiger partial charge in [-0.15, -0.1) is 0 Å². The summed E-state index contributed by atoms with van der Waals surface area (Å²) in [6.07, 6.45) is 5.14. The third kappa shape index (κ3) is 4.63. The first-order valence-electron chi connectivity index (χ1n) is 11.4. The van der Waals surface area contributed by atoms with Crippen LogP contribution in [0.15, 0.2) is 43.4 Å². The number of nitrogens with zero attached hydrogens (tertiary/aromatic N) is 4. The van der Waals surface area contributed by atoms with Crippen LogP contribution in [-0.4, -0.2) is 65.0 Å². The van der Waals surface area contributed by atoms with Crippen molar-refractivity contribution in [3.05, 3.63) is 53.4 Å². The van der Waals surface area contributed by atoms with E-state index in [1.807, 2.05) is 12.1 Å². The standard InChI is InChI=1S/C25H24Cl2N6O4/c1-4-21(34)32-16-11-37-6-5-15(16)31-20-8-17-13(10-28-20)7-14(25-29-12-30-33(17)25)22-23(26)18(35-2)9-19(36-3)24(22)27/h4,7-10,12,15-16H,1,5-6,11H2,2-3H3,(H,28,31)(H,32,34). The minimum atomic E-state index is -0.253. The van der Waals surface area contributed by atoms with Gasteiger partial charge in [-0.3, -0.25) is 4.79 Å². The zero-order valence-electron chi connectivity index (χ0n) is 20.1. The number of carbonyl (C=O) groups excluding carboxylic acids is 1. The molecule has 1 aliphatic rings. The second-order valence-electron chi connectivity index (χ2n) is 8.40. The summed E-state index contributed by atoms with van der Waals surface area (Å²) in [5.41, 5.74) is 2.49. The van der Waals surface area contributed by atoms with Gasteiger partial charge in [0.2, 0.25) is 5.91 Å². The largest absolute Gasteiger partial charge is 0.495 e. The Bertz CT molecular complexity index is 1480. The molecule has 0 aliphatic carbocycles. The minimum Gasteiger partial charge on any atom is -0.495 e. The second kappa shape index (κ2) is 10.4. The molecule has 2 unspecified atom stereocenters. The number of hydrogen-bond acceptors (Lipinski definition) is 8. The van der Waals surface area contributed by atoms with Crippen LogP contribution in [0.4, 0.5) is 5.82 Å². The van der Waals surface area contributed by atoms with Gasteiger partial charge in [0.1, 0.15) is 23.6 Å². The summed E-state index contributed by atoms with van der Waals surface area (Å²) in [6, 6.07) is 5.13.